The van der Waals surface area contributed by atoms with E-state index in [4.69, 9.17) is 21.1 Å². The van der Waals surface area contributed by atoms with Crippen molar-refractivity contribution in [3.8, 4) is 22.8 Å². The van der Waals surface area contributed by atoms with Crippen molar-refractivity contribution in [1.82, 2.24) is 4.98 Å². The highest BCUT2D eigenvalue weighted by Crippen LogP contribution is 2.36. The minimum absolute atomic E-state index is 0.0877. The summed E-state index contributed by atoms with van der Waals surface area (Å²) >= 11 is 9.45. The summed E-state index contributed by atoms with van der Waals surface area (Å²) in [4.78, 5) is 28.1. The third-order valence-electron chi connectivity index (χ3n) is 3.52. The van der Waals surface area contributed by atoms with Gasteiger partial charge in [-0.3, -0.25) is 9.59 Å². The molecule has 0 bridgehead atoms. The lowest BCUT2D eigenvalue weighted by atomic mass is 10.1. The number of carbonyl (C=O) groups is 2. The van der Waals surface area contributed by atoms with Crippen LogP contribution in [0.25, 0.3) is 11.3 Å². The van der Waals surface area contributed by atoms with Crippen LogP contribution < -0.4 is 4.74 Å². The lowest BCUT2D eigenvalue weighted by Gasteiger charge is -2.11. The van der Waals surface area contributed by atoms with Crippen molar-refractivity contribution in [1.29, 1.82) is 0 Å². The van der Waals surface area contributed by atoms with Gasteiger partial charge in [0.15, 0.2) is 11.5 Å². The molecule has 0 saturated carbocycles. The standard InChI is InChI=1S/C18H17BrClNO5/c1-3-26-16(23)7-6-15(22)17-18(24)12(19)9-14(21-17)11-8-10(25-2)4-5-13(11)20/h4-5,8-9,24H,3,6-7H2,1-2H3. The molecule has 2 rings (SSSR count). The zero-order valence-corrected chi connectivity index (χ0v) is 16.6. The fourth-order valence-electron chi connectivity index (χ4n) is 2.23. The topological polar surface area (TPSA) is 85.7 Å². The summed E-state index contributed by atoms with van der Waals surface area (Å²) in [6, 6.07) is 6.59. The maximum absolute atomic E-state index is 12.4. The lowest BCUT2D eigenvalue weighted by Crippen LogP contribution is -2.10. The van der Waals surface area contributed by atoms with E-state index in [-0.39, 0.29) is 30.9 Å². The molecule has 6 nitrogen and oxygen atoms in total. The predicted molar refractivity (Wildman–Crippen MR) is 101 cm³/mol. The number of nitrogens with zero attached hydrogens (tertiary/aromatic N) is 1. The summed E-state index contributed by atoms with van der Waals surface area (Å²) in [6.45, 7) is 1.93. The molecule has 26 heavy (non-hydrogen) atoms. The Hall–Kier alpha value is -2.12. The molecule has 0 unspecified atom stereocenters. The van der Waals surface area contributed by atoms with Gasteiger partial charge in [-0.25, -0.2) is 4.98 Å². The maximum Gasteiger partial charge on any atom is 0.306 e. The molecule has 138 valence electrons. The van der Waals surface area contributed by atoms with E-state index < -0.39 is 11.8 Å². The van der Waals surface area contributed by atoms with Crippen molar-refractivity contribution in [3.05, 3.63) is 39.5 Å². The highest BCUT2D eigenvalue weighted by Gasteiger charge is 2.20. The van der Waals surface area contributed by atoms with Gasteiger partial charge in [0.05, 0.1) is 35.3 Å². The average Bonchev–Trinajstić information content (AvgIpc) is 2.62. The van der Waals surface area contributed by atoms with Crippen LogP contribution in [0, 0.1) is 0 Å². The quantitative estimate of drug-likeness (QED) is 0.505. The number of hydrogen-bond donors (Lipinski definition) is 1. The van der Waals surface area contributed by atoms with Crippen molar-refractivity contribution in [2.45, 2.75) is 19.8 Å². The Labute approximate surface area is 164 Å². The second-order valence-corrected chi connectivity index (χ2v) is 6.52. The summed E-state index contributed by atoms with van der Waals surface area (Å²) in [7, 11) is 1.53. The van der Waals surface area contributed by atoms with Crippen molar-refractivity contribution < 1.29 is 24.2 Å². The van der Waals surface area contributed by atoms with Crippen molar-refractivity contribution >= 4 is 39.3 Å². The van der Waals surface area contributed by atoms with E-state index in [2.05, 4.69) is 20.9 Å². The third kappa shape index (κ3) is 4.74. The Morgan fingerprint density at radius 1 is 1.27 bits per heavy atom. The fourth-order valence-corrected chi connectivity index (χ4v) is 2.85. The van der Waals surface area contributed by atoms with E-state index >= 15 is 0 Å². The molecule has 1 aromatic heterocycles. The van der Waals surface area contributed by atoms with Crippen LogP contribution in [0.5, 0.6) is 11.5 Å². The minimum atomic E-state index is -0.480. The molecule has 0 radical (unpaired) electrons. The molecule has 0 saturated heterocycles. The first-order chi connectivity index (χ1) is 12.4. The number of hydrogen-bond acceptors (Lipinski definition) is 6. The molecular formula is C18H17BrClNO5. The number of benzene rings is 1. The van der Waals surface area contributed by atoms with Gasteiger partial charge in [-0.05, 0) is 47.1 Å². The van der Waals surface area contributed by atoms with Crippen LogP contribution in [0.1, 0.15) is 30.3 Å². The van der Waals surface area contributed by atoms with Crippen molar-refractivity contribution in [2.24, 2.45) is 0 Å². The maximum atomic E-state index is 12.4. The first-order valence-electron chi connectivity index (χ1n) is 7.79. The number of esters is 1. The molecule has 0 aliphatic rings. The molecule has 1 N–H and O–H groups in total. The molecule has 0 aliphatic heterocycles. The molecule has 0 fully saturated rings. The van der Waals surface area contributed by atoms with Crippen LogP contribution in [0.2, 0.25) is 5.02 Å². The molecule has 1 aromatic carbocycles. The SMILES string of the molecule is CCOC(=O)CCC(=O)c1nc(-c2cc(OC)ccc2Cl)cc(Br)c1O. The van der Waals surface area contributed by atoms with Gasteiger partial charge >= 0.3 is 5.97 Å². The molecule has 0 aliphatic carbocycles. The van der Waals surface area contributed by atoms with Crippen molar-refractivity contribution in [2.75, 3.05) is 13.7 Å². The van der Waals surface area contributed by atoms with Gasteiger partial charge in [-0.15, -0.1) is 0 Å². The molecule has 8 heteroatoms. The Balaban J connectivity index is 2.38. The number of Topliss-reactive ketones (excluding diaryl/α,β-unsaturated/α-hetero) is 1. The Bertz CT molecular complexity index is 841. The van der Waals surface area contributed by atoms with Crippen LogP contribution in [-0.4, -0.2) is 35.6 Å². The number of pyridine rings is 1. The number of halogens is 2. The summed E-state index contributed by atoms with van der Waals surface area (Å²) in [5.74, 6) is -0.671. The number of ether oxygens (including phenoxy) is 2. The molecule has 1 heterocycles. The van der Waals surface area contributed by atoms with Gasteiger partial charge in [0, 0.05) is 12.0 Å². The Kier molecular flexibility index (Phi) is 6.99. The van der Waals surface area contributed by atoms with Gasteiger partial charge < -0.3 is 14.6 Å². The highest BCUT2D eigenvalue weighted by molar-refractivity contribution is 9.10. The molecule has 0 amide bonds. The van der Waals surface area contributed by atoms with E-state index in [1.165, 1.54) is 7.11 Å². The Morgan fingerprint density at radius 2 is 2.00 bits per heavy atom. The van der Waals surface area contributed by atoms with E-state index in [9.17, 15) is 14.7 Å². The summed E-state index contributed by atoms with van der Waals surface area (Å²) in [5.41, 5.74) is 0.793. The second kappa shape index (κ2) is 9.00. The van der Waals surface area contributed by atoms with Gasteiger partial charge in [0.2, 0.25) is 0 Å². The highest BCUT2D eigenvalue weighted by atomic mass is 79.9. The van der Waals surface area contributed by atoms with Gasteiger partial charge in [0.1, 0.15) is 11.4 Å². The minimum Gasteiger partial charge on any atom is -0.504 e. The van der Waals surface area contributed by atoms with Crippen LogP contribution in [0.4, 0.5) is 0 Å². The smallest absolute Gasteiger partial charge is 0.306 e. The lowest BCUT2D eigenvalue weighted by molar-refractivity contribution is -0.143. The number of rotatable bonds is 7. The predicted octanol–water partition coefficient (Wildman–Crippen LogP) is 4.40. The zero-order valence-electron chi connectivity index (χ0n) is 14.2. The number of aromatic nitrogens is 1. The van der Waals surface area contributed by atoms with Gasteiger partial charge in [-0.1, -0.05) is 11.6 Å². The van der Waals surface area contributed by atoms with E-state index in [0.717, 1.165) is 0 Å². The zero-order chi connectivity index (χ0) is 19.3. The number of ketones is 1. The largest absolute Gasteiger partial charge is 0.504 e. The van der Waals surface area contributed by atoms with Crippen LogP contribution in [0.15, 0.2) is 28.7 Å². The van der Waals surface area contributed by atoms with Crippen molar-refractivity contribution in [3.63, 3.8) is 0 Å². The third-order valence-corrected chi connectivity index (χ3v) is 4.46. The van der Waals surface area contributed by atoms with Gasteiger partial charge in [0.25, 0.3) is 0 Å². The first-order valence-corrected chi connectivity index (χ1v) is 8.96. The van der Waals surface area contributed by atoms with Gasteiger partial charge in [-0.2, -0.15) is 0 Å². The molecule has 2 aromatic rings. The molecule has 0 spiro atoms. The molecular weight excluding hydrogens is 426 g/mol. The van der Waals surface area contributed by atoms with E-state index in [1.54, 1.807) is 31.2 Å². The number of aromatic hydroxyl groups is 1. The number of methoxy groups -OCH3 is 1. The second-order valence-electron chi connectivity index (χ2n) is 5.26. The molecule has 0 atom stereocenters. The van der Waals surface area contributed by atoms with Crippen LogP contribution in [-0.2, 0) is 9.53 Å². The first kappa shape index (κ1) is 20.2. The monoisotopic (exact) mass is 441 g/mol. The summed E-state index contributed by atoms with van der Waals surface area (Å²) < 4.78 is 10.3. The van der Waals surface area contributed by atoms with Crippen LogP contribution in [0.3, 0.4) is 0 Å². The number of carbonyl (C=O) groups excluding carboxylic acids is 2. The average molecular weight is 443 g/mol. The summed E-state index contributed by atoms with van der Waals surface area (Å²) in [5, 5.41) is 10.6. The normalized spacial score (nSPS) is 10.5. The fraction of sp³-hybridized carbons (Fsp3) is 0.278. The van der Waals surface area contributed by atoms with E-state index in [1.807, 2.05) is 0 Å². The van der Waals surface area contributed by atoms with Crippen LogP contribution >= 0.6 is 27.5 Å². The summed E-state index contributed by atoms with van der Waals surface area (Å²) in [6.07, 6.45) is -0.212. The Morgan fingerprint density at radius 3 is 2.65 bits per heavy atom. The van der Waals surface area contributed by atoms with E-state index in [0.29, 0.717) is 26.5 Å².